The number of para-hydroxylation sites is 1. The second kappa shape index (κ2) is 10.6. The van der Waals surface area contributed by atoms with E-state index >= 15 is 0 Å². The van der Waals surface area contributed by atoms with Gasteiger partial charge in [0.1, 0.15) is 12.4 Å². The molecule has 0 aliphatic heterocycles. The minimum Gasteiger partial charge on any atom is -0.489 e. The van der Waals surface area contributed by atoms with Crippen molar-refractivity contribution in [2.24, 2.45) is 0 Å². The topological polar surface area (TPSA) is 84.5 Å². The van der Waals surface area contributed by atoms with Gasteiger partial charge in [-0.05, 0) is 35.4 Å². The molecule has 7 heteroatoms. The van der Waals surface area contributed by atoms with Crippen LogP contribution < -0.4 is 14.8 Å². The van der Waals surface area contributed by atoms with Gasteiger partial charge in [-0.1, -0.05) is 60.7 Å². The number of amides is 1. The summed E-state index contributed by atoms with van der Waals surface area (Å²) in [6, 6.07) is 25.8. The van der Waals surface area contributed by atoms with E-state index in [2.05, 4.69) is 10.0 Å². The minimum atomic E-state index is -3.48. The zero-order valence-electron chi connectivity index (χ0n) is 16.5. The van der Waals surface area contributed by atoms with Gasteiger partial charge in [0.2, 0.25) is 10.0 Å². The molecule has 0 bridgehead atoms. The zero-order chi connectivity index (χ0) is 21.2. The lowest BCUT2D eigenvalue weighted by atomic mass is 10.1. The summed E-state index contributed by atoms with van der Waals surface area (Å²) in [5.74, 6) is 0.277. The molecule has 0 unspecified atom stereocenters. The van der Waals surface area contributed by atoms with E-state index in [1.54, 1.807) is 12.1 Å². The van der Waals surface area contributed by atoms with Crippen LogP contribution in [-0.2, 0) is 23.2 Å². The van der Waals surface area contributed by atoms with E-state index in [-0.39, 0.29) is 24.7 Å². The van der Waals surface area contributed by atoms with Gasteiger partial charge in [0, 0.05) is 18.7 Å². The molecule has 0 fully saturated rings. The minimum absolute atomic E-state index is 0.0296. The Bertz CT molecular complexity index is 1040. The van der Waals surface area contributed by atoms with Gasteiger partial charge in [0.15, 0.2) is 0 Å². The molecule has 0 saturated heterocycles. The highest BCUT2D eigenvalue weighted by molar-refractivity contribution is 7.89. The van der Waals surface area contributed by atoms with Gasteiger partial charge < -0.3 is 10.1 Å². The Morgan fingerprint density at radius 1 is 0.800 bits per heavy atom. The van der Waals surface area contributed by atoms with E-state index in [0.29, 0.717) is 12.2 Å². The predicted molar refractivity (Wildman–Crippen MR) is 117 cm³/mol. The molecule has 0 aliphatic rings. The molecule has 0 spiro atoms. The normalized spacial score (nSPS) is 11.1. The largest absolute Gasteiger partial charge is 0.489 e. The standard InChI is InChI=1S/C23H24N2O4S/c26-23(24-15-16-30(27,28)25-17-19-7-3-1-4-8-19)21-13-11-20(12-14-21)18-29-22-9-5-2-6-10-22/h1-14,25H,15-18H2,(H,24,26). The van der Waals surface area contributed by atoms with E-state index in [4.69, 9.17) is 4.74 Å². The van der Waals surface area contributed by atoms with Crippen LogP contribution >= 0.6 is 0 Å². The summed E-state index contributed by atoms with van der Waals surface area (Å²) in [6.07, 6.45) is 0. The summed E-state index contributed by atoms with van der Waals surface area (Å²) in [4.78, 5) is 12.2. The first-order valence-electron chi connectivity index (χ1n) is 9.58. The maximum absolute atomic E-state index is 12.2. The second-order valence-electron chi connectivity index (χ2n) is 6.68. The Hall–Kier alpha value is -3.16. The van der Waals surface area contributed by atoms with Gasteiger partial charge >= 0.3 is 0 Å². The maximum Gasteiger partial charge on any atom is 0.251 e. The first kappa shape index (κ1) is 21.5. The van der Waals surface area contributed by atoms with Crippen molar-refractivity contribution < 1.29 is 17.9 Å². The molecule has 30 heavy (non-hydrogen) atoms. The van der Waals surface area contributed by atoms with E-state index in [0.717, 1.165) is 16.9 Å². The number of hydrogen-bond acceptors (Lipinski definition) is 4. The van der Waals surface area contributed by atoms with Crippen LogP contribution in [0.2, 0.25) is 0 Å². The number of hydrogen-bond donors (Lipinski definition) is 2. The lowest BCUT2D eigenvalue weighted by Crippen LogP contribution is -2.34. The van der Waals surface area contributed by atoms with Gasteiger partial charge in [-0.25, -0.2) is 13.1 Å². The van der Waals surface area contributed by atoms with Crippen molar-refractivity contribution >= 4 is 15.9 Å². The lowest BCUT2D eigenvalue weighted by molar-refractivity contribution is 0.0956. The third-order valence-corrected chi connectivity index (χ3v) is 5.69. The van der Waals surface area contributed by atoms with Crippen LogP contribution in [-0.4, -0.2) is 26.6 Å². The smallest absolute Gasteiger partial charge is 0.251 e. The number of carbonyl (C=O) groups excluding carboxylic acids is 1. The first-order valence-corrected chi connectivity index (χ1v) is 11.2. The van der Waals surface area contributed by atoms with Crippen molar-refractivity contribution in [2.45, 2.75) is 13.2 Å². The third-order valence-electron chi connectivity index (χ3n) is 4.36. The molecule has 0 aromatic heterocycles. The first-order chi connectivity index (χ1) is 14.5. The highest BCUT2D eigenvalue weighted by atomic mass is 32.2. The zero-order valence-corrected chi connectivity index (χ0v) is 17.3. The molecule has 0 atom stereocenters. The SMILES string of the molecule is O=C(NCCS(=O)(=O)NCc1ccccc1)c1ccc(COc2ccccc2)cc1. The van der Waals surface area contributed by atoms with Crippen LogP contribution in [0.1, 0.15) is 21.5 Å². The molecule has 3 rings (SSSR count). The van der Waals surface area contributed by atoms with Crippen LogP contribution in [0.5, 0.6) is 5.75 Å². The van der Waals surface area contributed by atoms with Gasteiger partial charge in [0.25, 0.3) is 5.91 Å². The van der Waals surface area contributed by atoms with Gasteiger partial charge in [-0.15, -0.1) is 0 Å². The lowest BCUT2D eigenvalue weighted by Gasteiger charge is -2.09. The number of sulfonamides is 1. The van der Waals surface area contributed by atoms with E-state index in [1.807, 2.05) is 72.8 Å². The van der Waals surface area contributed by atoms with E-state index in [1.165, 1.54) is 0 Å². The summed E-state index contributed by atoms with van der Waals surface area (Å²) in [5.41, 5.74) is 2.28. The molecular formula is C23H24N2O4S. The fourth-order valence-electron chi connectivity index (χ4n) is 2.70. The van der Waals surface area contributed by atoms with Gasteiger partial charge in [-0.3, -0.25) is 4.79 Å². The van der Waals surface area contributed by atoms with Crippen molar-refractivity contribution in [3.05, 3.63) is 102 Å². The van der Waals surface area contributed by atoms with Crippen molar-refractivity contribution in [3.63, 3.8) is 0 Å². The Morgan fingerprint density at radius 3 is 2.10 bits per heavy atom. The van der Waals surface area contributed by atoms with Crippen molar-refractivity contribution in [1.82, 2.24) is 10.0 Å². The van der Waals surface area contributed by atoms with Gasteiger partial charge in [0.05, 0.1) is 5.75 Å². The van der Waals surface area contributed by atoms with Crippen LogP contribution in [0, 0.1) is 0 Å². The van der Waals surface area contributed by atoms with Gasteiger partial charge in [-0.2, -0.15) is 0 Å². The quantitative estimate of drug-likeness (QED) is 0.524. The van der Waals surface area contributed by atoms with Crippen molar-refractivity contribution in [2.75, 3.05) is 12.3 Å². The molecular weight excluding hydrogens is 400 g/mol. The molecule has 0 heterocycles. The highest BCUT2D eigenvalue weighted by Gasteiger charge is 2.12. The van der Waals surface area contributed by atoms with E-state index in [9.17, 15) is 13.2 Å². The monoisotopic (exact) mass is 424 g/mol. The molecule has 0 saturated carbocycles. The average Bonchev–Trinajstić information content (AvgIpc) is 2.78. The molecule has 156 valence electrons. The second-order valence-corrected chi connectivity index (χ2v) is 8.61. The molecule has 1 amide bonds. The van der Waals surface area contributed by atoms with Crippen LogP contribution in [0.4, 0.5) is 0 Å². The number of rotatable bonds is 10. The fourth-order valence-corrected chi connectivity index (χ4v) is 3.60. The molecule has 3 aromatic carbocycles. The Morgan fingerprint density at radius 2 is 1.43 bits per heavy atom. The summed E-state index contributed by atoms with van der Waals surface area (Å²) < 4.78 is 32.4. The maximum atomic E-state index is 12.2. The summed E-state index contributed by atoms with van der Waals surface area (Å²) in [6.45, 7) is 0.655. The summed E-state index contributed by atoms with van der Waals surface area (Å²) in [7, 11) is -3.48. The highest BCUT2D eigenvalue weighted by Crippen LogP contribution is 2.12. The molecule has 6 nitrogen and oxygen atoms in total. The van der Waals surface area contributed by atoms with Crippen LogP contribution in [0.3, 0.4) is 0 Å². The van der Waals surface area contributed by atoms with Crippen molar-refractivity contribution in [1.29, 1.82) is 0 Å². The van der Waals surface area contributed by atoms with Crippen molar-refractivity contribution in [3.8, 4) is 5.75 Å². The number of ether oxygens (including phenoxy) is 1. The Labute approximate surface area is 177 Å². The number of nitrogens with one attached hydrogen (secondary N) is 2. The Kier molecular flexibility index (Phi) is 7.59. The molecule has 0 aliphatic carbocycles. The Balaban J connectivity index is 1.42. The number of carbonyl (C=O) groups is 1. The third kappa shape index (κ3) is 7.02. The van der Waals surface area contributed by atoms with Crippen LogP contribution in [0.25, 0.3) is 0 Å². The summed E-state index contributed by atoms with van der Waals surface area (Å²) in [5, 5.41) is 2.64. The molecule has 2 N–H and O–H groups in total. The number of benzene rings is 3. The average molecular weight is 425 g/mol. The van der Waals surface area contributed by atoms with Crippen LogP contribution in [0.15, 0.2) is 84.9 Å². The fraction of sp³-hybridized carbons (Fsp3) is 0.174. The molecule has 0 radical (unpaired) electrons. The molecule has 3 aromatic rings. The predicted octanol–water partition coefficient (Wildman–Crippen LogP) is 3.12. The summed E-state index contributed by atoms with van der Waals surface area (Å²) >= 11 is 0. The van der Waals surface area contributed by atoms with E-state index < -0.39 is 10.0 Å².